The summed E-state index contributed by atoms with van der Waals surface area (Å²) in [5.74, 6) is 0.347. The van der Waals surface area contributed by atoms with Gasteiger partial charge in [0, 0.05) is 12.0 Å². The third kappa shape index (κ3) is 4.44. The first-order valence-corrected chi connectivity index (χ1v) is 8.24. The molecule has 25 heavy (non-hydrogen) atoms. The van der Waals surface area contributed by atoms with Crippen molar-refractivity contribution < 1.29 is 9.53 Å². The lowest BCUT2D eigenvalue weighted by molar-refractivity contribution is -0.134. The standard InChI is InChI=1S/C21H20N2O2/c22-21(23)18-10-9-17-14-19(12-11-16(17)13-18)25-20(24)8-4-7-15-5-2-1-3-6-15/h1-3,5-6,9-14H,4,7-8H2,(H3,22,23). The maximum atomic E-state index is 12.0. The van der Waals surface area contributed by atoms with Gasteiger partial charge in [-0.15, -0.1) is 0 Å². The molecule has 0 atom stereocenters. The van der Waals surface area contributed by atoms with Gasteiger partial charge in [0.15, 0.2) is 0 Å². The van der Waals surface area contributed by atoms with E-state index < -0.39 is 0 Å². The Bertz CT molecular complexity index is 904. The monoisotopic (exact) mass is 332 g/mol. The summed E-state index contributed by atoms with van der Waals surface area (Å²) in [5.41, 5.74) is 7.41. The fraction of sp³-hybridized carbons (Fsp3) is 0.143. The van der Waals surface area contributed by atoms with Crippen molar-refractivity contribution >= 4 is 22.6 Å². The predicted molar refractivity (Wildman–Crippen MR) is 100.0 cm³/mol. The highest BCUT2D eigenvalue weighted by molar-refractivity contribution is 5.99. The van der Waals surface area contributed by atoms with Crippen LogP contribution in [0.3, 0.4) is 0 Å². The van der Waals surface area contributed by atoms with Gasteiger partial charge in [0.25, 0.3) is 0 Å². The summed E-state index contributed by atoms with van der Waals surface area (Å²) in [6.45, 7) is 0. The summed E-state index contributed by atoms with van der Waals surface area (Å²) in [5, 5.41) is 9.38. The zero-order chi connectivity index (χ0) is 17.6. The van der Waals surface area contributed by atoms with E-state index in [9.17, 15) is 4.79 Å². The van der Waals surface area contributed by atoms with Crippen LogP contribution in [0.1, 0.15) is 24.0 Å². The van der Waals surface area contributed by atoms with Crippen molar-refractivity contribution in [3.05, 3.63) is 77.9 Å². The molecule has 0 aromatic heterocycles. The summed E-state index contributed by atoms with van der Waals surface area (Å²) < 4.78 is 5.43. The number of carbonyl (C=O) groups excluding carboxylic acids is 1. The van der Waals surface area contributed by atoms with Crippen molar-refractivity contribution in [2.45, 2.75) is 19.3 Å². The van der Waals surface area contributed by atoms with Gasteiger partial charge in [0.2, 0.25) is 0 Å². The molecule has 3 aromatic carbocycles. The molecular formula is C21H20N2O2. The lowest BCUT2D eigenvalue weighted by Crippen LogP contribution is -2.10. The van der Waals surface area contributed by atoms with Gasteiger partial charge in [-0.05, 0) is 47.4 Å². The van der Waals surface area contributed by atoms with Crippen LogP contribution in [0, 0.1) is 5.41 Å². The molecule has 3 rings (SSSR count). The van der Waals surface area contributed by atoms with Gasteiger partial charge in [-0.3, -0.25) is 10.2 Å². The van der Waals surface area contributed by atoms with Gasteiger partial charge in [-0.2, -0.15) is 0 Å². The minimum absolute atomic E-state index is 0.0378. The van der Waals surface area contributed by atoms with Gasteiger partial charge in [-0.1, -0.05) is 48.5 Å². The van der Waals surface area contributed by atoms with Crippen LogP contribution in [0.4, 0.5) is 0 Å². The van der Waals surface area contributed by atoms with Gasteiger partial charge in [0.05, 0.1) is 0 Å². The Labute approximate surface area is 146 Å². The molecule has 126 valence electrons. The van der Waals surface area contributed by atoms with Crippen LogP contribution in [-0.2, 0) is 11.2 Å². The lowest BCUT2D eigenvalue weighted by atomic mass is 10.1. The van der Waals surface area contributed by atoms with Gasteiger partial charge < -0.3 is 10.5 Å². The number of hydrogen-bond acceptors (Lipinski definition) is 3. The molecule has 0 aliphatic heterocycles. The summed E-state index contributed by atoms with van der Waals surface area (Å²) in [7, 11) is 0. The first-order valence-electron chi connectivity index (χ1n) is 8.24. The number of nitrogens with one attached hydrogen (secondary N) is 1. The van der Waals surface area contributed by atoms with Crippen LogP contribution in [0.15, 0.2) is 66.7 Å². The molecule has 0 spiro atoms. The van der Waals surface area contributed by atoms with Crippen molar-refractivity contribution in [2.75, 3.05) is 0 Å². The minimum Gasteiger partial charge on any atom is -0.427 e. The summed E-state index contributed by atoms with van der Waals surface area (Å²) in [6.07, 6.45) is 2.01. The minimum atomic E-state index is -0.226. The maximum Gasteiger partial charge on any atom is 0.311 e. The van der Waals surface area contributed by atoms with Crippen LogP contribution < -0.4 is 10.5 Å². The lowest BCUT2D eigenvalue weighted by Gasteiger charge is -2.07. The fourth-order valence-electron chi connectivity index (χ4n) is 2.72. The number of ether oxygens (including phenoxy) is 1. The number of carbonyl (C=O) groups is 1. The molecule has 0 amide bonds. The fourth-order valence-corrected chi connectivity index (χ4v) is 2.72. The second kappa shape index (κ2) is 7.62. The van der Waals surface area contributed by atoms with Gasteiger partial charge >= 0.3 is 5.97 Å². The first kappa shape index (κ1) is 16.7. The number of nitrogens with two attached hydrogens (primary N) is 1. The average Bonchev–Trinajstić information content (AvgIpc) is 2.62. The Balaban J connectivity index is 1.59. The van der Waals surface area contributed by atoms with Crippen molar-refractivity contribution in [1.82, 2.24) is 0 Å². The number of esters is 1. The van der Waals surface area contributed by atoms with E-state index in [-0.39, 0.29) is 11.8 Å². The van der Waals surface area contributed by atoms with E-state index in [1.165, 1.54) is 5.56 Å². The number of fused-ring (bicyclic) bond motifs is 1. The van der Waals surface area contributed by atoms with E-state index in [1.54, 1.807) is 12.1 Å². The molecule has 0 unspecified atom stereocenters. The number of amidine groups is 1. The van der Waals surface area contributed by atoms with E-state index in [0.717, 1.165) is 23.6 Å². The van der Waals surface area contributed by atoms with Crippen LogP contribution in [0.5, 0.6) is 5.75 Å². The molecule has 4 nitrogen and oxygen atoms in total. The summed E-state index contributed by atoms with van der Waals surface area (Å²) in [6, 6.07) is 21.1. The molecule has 0 aliphatic rings. The highest BCUT2D eigenvalue weighted by Crippen LogP contribution is 2.22. The van der Waals surface area contributed by atoms with Crippen molar-refractivity contribution in [2.24, 2.45) is 5.73 Å². The average molecular weight is 332 g/mol. The molecule has 0 aliphatic carbocycles. The Morgan fingerprint density at radius 1 is 0.960 bits per heavy atom. The number of rotatable bonds is 6. The Morgan fingerprint density at radius 3 is 2.44 bits per heavy atom. The van der Waals surface area contributed by atoms with E-state index in [0.29, 0.717) is 17.7 Å². The van der Waals surface area contributed by atoms with Crippen LogP contribution in [0.25, 0.3) is 10.8 Å². The SMILES string of the molecule is N=C(N)c1ccc2cc(OC(=O)CCCc3ccccc3)ccc2c1. The largest absolute Gasteiger partial charge is 0.427 e. The summed E-state index contributed by atoms with van der Waals surface area (Å²) in [4.78, 5) is 12.0. The third-order valence-electron chi connectivity index (χ3n) is 4.04. The highest BCUT2D eigenvalue weighted by atomic mass is 16.5. The molecule has 0 heterocycles. The maximum absolute atomic E-state index is 12.0. The highest BCUT2D eigenvalue weighted by Gasteiger charge is 2.07. The molecule has 4 heteroatoms. The number of hydrogen-bond donors (Lipinski definition) is 2. The van der Waals surface area contributed by atoms with Gasteiger partial charge in [-0.25, -0.2) is 0 Å². The smallest absolute Gasteiger partial charge is 0.311 e. The predicted octanol–water partition coefficient (Wildman–Crippen LogP) is 4.05. The summed E-state index contributed by atoms with van der Waals surface area (Å²) >= 11 is 0. The Kier molecular flexibility index (Phi) is 5.09. The number of aryl methyl sites for hydroxylation is 1. The zero-order valence-electron chi connectivity index (χ0n) is 13.9. The second-order valence-corrected chi connectivity index (χ2v) is 5.95. The van der Waals surface area contributed by atoms with Crippen LogP contribution >= 0.6 is 0 Å². The Hall–Kier alpha value is -3.14. The molecule has 3 aromatic rings. The Morgan fingerprint density at radius 2 is 1.68 bits per heavy atom. The number of nitrogen functional groups attached to an aromatic ring is 1. The zero-order valence-corrected chi connectivity index (χ0v) is 13.9. The van der Waals surface area contributed by atoms with E-state index >= 15 is 0 Å². The molecule has 0 saturated heterocycles. The molecule has 0 radical (unpaired) electrons. The molecule has 0 fully saturated rings. The topological polar surface area (TPSA) is 76.2 Å². The molecule has 3 N–H and O–H groups in total. The van der Waals surface area contributed by atoms with Crippen molar-refractivity contribution in [3.63, 3.8) is 0 Å². The van der Waals surface area contributed by atoms with E-state index in [1.807, 2.05) is 42.5 Å². The number of benzene rings is 3. The van der Waals surface area contributed by atoms with Crippen LogP contribution in [0.2, 0.25) is 0 Å². The van der Waals surface area contributed by atoms with E-state index in [2.05, 4.69) is 12.1 Å². The second-order valence-electron chi connectivity index (χ2n) is 5.95. The normalized spacial score (nSPS) is 10.6. The van der Waals surface area contributed by atoms with Crippen LogP contribution in [-0.4, -0.2) is 11.8 Å². The van der Waals surface area contributed by atoms with E-state index in [4.69, 9.17) is 15.9 Å². The molecule has 0 bridgehead atoms. The van der Waals surface area contributed by atoms with Gasteiger partial charge in [0.1, 0.15) is 11.6 Å². The van der Waals surface area contributed by atoms with Crippen molar-refractivity contribution in [3.8, 4) is 5.75 Å². The molecular weight excluding hydrogens is 312 g/mol. The third-order valence-corrected chi connectivity index (χ3v) is 4.04. The molecule has 0 saturated carbocycles. The van der Waals surface area contributed by atoms with Crippen molar-refractivity contribution in [1.29, 1.82) is 5.41 Å². The first-order chi connectivity index (χ1) is 12.1. The quantitative estimate of drug-likeness (QED) is 0.309.